The molecule has 0 spiro atoms. The molecule has 1 aliphatic heterocycles. The van der Waals surface area contributed by atoms with Crippen LogP contribution in [0.15, 0.2) is 30.3 Å². The molecule has 1 N–H and O–H groups in total. The van der Waals surface area contributed by atoms with E-state index in [2.05, 4.69) is 5.32 Å². The van der Waals surface area contributed by atoms with Gasteiger partial charge in [-0.3, -0.25) is 0 Å². The van der Waals surface area contributed by atoms with E-state index in [4.69, 9.17) is 0 Å². The summed E-state index contributed by atoms with van der Waals surface area (Å²) in [5.41, 5.74) is 0.863. The normalized spacial score (nSPS) is 17.5. The first-order valence-electron chi connectivity index (χ1n) is 7.37. The van der Waals surface area contributed by atoms with E-state index in [0.717, 1.165) is 37.9 Å². The summed E-state index contributed by atoms with van der Waals surface area (Å²) in [5.74, 6) is 0.109. The number of nitrogens with zero attached hydrogens (tertiary/aromatic N) is 1. The summed E-state index contributed by atoms with van der Waals surface area (Å²) in [5, 5.41) is 3.29. The Morgan fingerprint density at radius 2 is 1.85 bits per heavy atom. The lowest BCUT2D eigenvalue weighted by Gasteiger charge is -2.33. The van der Waals surface area contributed by atoms with E-state index in [1.807, 2.05) is 37.3 Å². The zero-order valence-electron chi connectivity index (χ0n) is 12.1. The molecule has 0 atom stereocenters. The molecule has 0 amide bonds. The smallest absolute Gasteiger partial charge is 0.218 e. The number of sulfonamides is 1. The Balaban J connectivity index is 2.13. The van der Waals surface area contributed by atoms with Crippen molar-refractivity contribution in [3.05, 3.63) is 35.9 Å². The molecular formula is C15H24N2O2S. The molecule has 0 radical (unpaired) electrons. The van der Waals surface area contributed by atoms with Crippen LogP contribution < -0.4 is 5.32 Å². The fourth-order valence-electron chi connectivity index (χ4n) is 2.73. The van der Waals surface area contributed by atoms with Gasteiger partial charge in [-0.15, -0.1) is 0 Å². The van der Waals surface area contributed by atoms with Crippen LogP contribution in [0, 0.1) is 0 Å². The van der Waals surface area contributed by atoms with Crippen LogP contribution >= 0.6 is 0 Å². The third-order valence-corrected chi connectivity index (χ3v) is 5.60. The molecular weight excluding hydrogens is 272 g/mol. The van der Waals surface area contributed by atoms with Crippen LogP contribution in [0.2, 0.25) is 0 Å². The molecule has 4 nitrogen and oxygen atoms in total. The van der Waals surface area contributed by atoms with E-state index in [1.54, 1.807) is 4.31 Å². The Kier molecular flexibility index (Phi) is 5.57. The van der Waals surface area contributed by atoms with Crippen LogP contribution in [-0.4, -0.2) is 38.4 Å². The van der Waals surface area contributed by atoms with Gasteiger partial charge in [-0.1, -0.05) is 37.3 Å². The molecule has 1 aromatic carbocycles. The van der Waals surface area contributed by atoms with Crippen LogP contribution in [0.4, 0.5) is 0 Å². The van der Waals surface area contributed by atoms with Crippen LogP contribution in [0.25, 0.3) is 0 Å². The highest BCUT2D eigenvalue weighted by atomic mass is 32.2. The molecule has 0 aliphatic carbocycles. The van der Waals surface area contributed by atoms with E-state index in [-0.39, 0.29) is 11.8 Å². The Labute approximate surface area is 122 Å². The third kappa shape index (κ3) is 4.04. The number of nitrogens with one attached hydrogen (secondary N) is 1. The first kappa shape index (κ1) is 15.5. The highest BCUT2D eigenvalue weighted by Crippen LogP contribution is 2.20. The van der Waals surface area contributed by atoms with Crippen molar-refractivity contribution in [2.75, 3.05) is 19.6 Å². The second kappa shape index (κ2) is 7.20. The molecule has 0 saturated carbocycles. The molecule has 0 unspecified atom stereocenters. The Morgan fingerprint density at radius 1 is 1.20 bits per heavy atom. The Morgan fingerprint density at radius 3 is 2.45 bits per heavy atom. The van der Waals surface area contributed by atoms with Crippen LogP contribution in [0.1, 0.15) is 31.7 Å². The molecule has 1 aromatic rings. The van der Waals surface area contributed by atoms with Gasteiger partial charge in [-0.05, 0) is 37.9 Å². The van der Waals surface area contributed by atoms with Gasteiger partial charge in [0.25, 0.3) is 0 Å². The average Bonchev–Trinajstić information content (AvgIpc) is 2.46. The molecule has 5 heteroatoms. The molecule has 1 aliphatic rings. The zero-order chi connectivity index (χ0) is 14.4. The van der Waals surface area contributed by atoms with Crippen LogP contribution in [0.5, 0.6) is 0 Å². The van der Waals surface area contributed by atoms with E-state index >= 15 is 0 Å². The van der Waals surface area contributed by atoms with Crippen molar-refractivity contribution < 1.29 is 8.42 Å². The highest BCUT2D eigenvalue weighted by Gasteiger charge is 2.30. The minimum Gasteiger partial charge on any atom is -0.317 e. The van der Waals surface area contributed by atoms with Crippen LogP contribution in [-0.2, 0) is 15.8 Å². The maximum atomic E-state index is 12.7. The number of benzene rings is 1. The van der Waals surface area contributed by atoms with Crippen molar-refractivity contribution in [2.45, 2.75) is 38.0 Å². The summed E-state index contributed by atoms with van der Waals surface area (Å²) in [6, 6.07) is 9.60. The number of rotatable bonds is 6. The minimum absolute atomic E-state index is 0.109. The predicted molar refractivity (Wildman–Crippen MR) is 82.0 cm³/mol. The molecule has 0 bridgehead atoms. The number of piperidine rings is 1. The first-order valence-corrected chi connectivity index (χ1v) is 8.98. The largest absolute Gasteiger partial charge is 0.317 e. The summed E-state index contributed by atoms with van der Waals surface area (Å²) in [4.78, 5) is 0. The molecule has 112 valence electrons. The second-order valence-corrected chi connectivity index (χ2v) is 7.26. The van der Waals surface area contributed by atoms with Crippen molar-refractivity contribution in [3.63, 3.8) is 0 Å². The fourth-order valence-corrected chi connectivity index (χ4v) is 4.64. The van der Waals surface area contributed by atoms with Gasteiger partial charge in [0.2, 0.25) is 10.0 Å². The van der Waals surface area contributed by atoms with Crippen LogP contribution in [0.3, 0.4) is 0 Å². The van der Waals surface area contributed by atoms with E-state index in [0.29, 0.717) is 6.54 Å². The van der Waals surface area contributed by atoms with E-state index in [9.17, 15) is 8.42 Å². The maximum Gasteiger partial charge on any atom is 0.218 e. The second-order valence-electron chi connectivity index (χ2n) is 5.33. The topological polar surface area (TPSA) is 49.4 Å². The lowest BCUT2D eigenvalue weighted by Crippen LogP contribution is -2.46. The third-order valence-electron chi connectivity index (χ3n) is 3.71. The van der Waals surface area contributed by atoms with Gasteiger partial charge < -0.3 is 5.32 Å². The average molecular weight is 296 g/mol. The first-order chi connectivity index (χ1) is 9.63. The number of hydrogen-bond donors (Lipinski definition) is 1. The summed E-state index contributed by atoms with van der Waals surface area (Å²) in [6.07, 6.45) is 2.68. The molecule has 1 heterocycles. The van der Waals surface area contributed by atoms with Gasteiger partial charge in [0.15, 0.2) is 0 Å². The monoisotopic (exact) mass is 296 g/mol. The minimum atomic E-state index is -3.23. The maximum absolute atomic E-state index is 12.7. The standard InChI is InChI=1S/C15H24N2O2S/c1-2-12-17(15-8-10-16-11-9-15)20(18,19)13-14-6-4-3-5-7-14/h3-7,15-16H,2,8-13H2,1H3. The fraction of sp³-hybridized carbons (Fsp3) is 0.600. The molecule has 1 saturated heterocycles. The predicted octanol–water partition coefficient (Wildman–Crippen LogP) is 1.98. The molecule has 20 heavy (non-hydrogen) atoms. The molecule has 1 fully saturated rings. The van der Waals surface area contributed by atoms with Crippen molar-refractivity contribution in [2.24, 2.45) is 0 Å². The SMILES string of the molecule is CCCN(C1CCNCC1)S(=O)(=O)Cc1ccccc1. The van der Waals surface area contributed by atoms with Gasteiger partial charge in [0.05, 0.1) is 5.75 Å². The van der Waals surface area contributed by atoms with E-state index in [1.165, 1.54) is 0 Å². The van der Waals surface area contributed by atoms with Gasteiger partial charge >= 0.3 is 0 Å². The van der Waals surface area contributed by atoms with E-state index < -0.39 is 10.0 Å². The molecule has 2 rings (SSSR count). The van der Waals surface area contributed by atoms with Gasteiger partial charge in [0.1, 0.15) is 0 Å². The summed E-state index contributed by atoms with van der Waals surface area (Å²) in [7, 11) is -3.23. The van der Waals surface area contributed by atoms with Crippen molar-refractivity contribution in [1.29, 1.82) is 0 Å². The van der Waals surface area contributed by atoms with Gasteiger partial charge in [0, 0.05) is 12.6 Å². The lowest BCUT2D eigenvalue weighted by molar-refractivity contribution is 0.262. The molecule has 0 aromatic heterocycles. The summed E-state index contributed by atoms with van der Waals surface area (Å²) in [6.45, 7) is 4.48. The zero-order valence-corrected chi connectivity index (χ0v) is 12.9. The van der Waals surface area contributed by atoms with Gasteiger partial charge in [-0.25, -0.2) is 8.42 Å². The summed E-state index contributed by atoms with van der Waals surface area (Å²) >= 11 is 0. The van der Waals surface area contributed by atoms with Crippen molar-refractivity contribution in [3.8, 4) is 0 Å². The number of hydrogen-bond acceptors (Lipinski definition) is 3. The quantitative estimate of drug-likeness (QED) is 0.873. The Bertz CT molecular complexity index is 496. The lowest BCUT2D eigenvalue weighted by atomic mass is 10.1. The summed E-state index contributed by atoms with van der Waals surface area (Å²) < 4.78 is 27.1. The van der Waals surface area contributed by atoms with Crippen molar-refractivity contribution >= 4 is 10.0 Å². The van der Waals surface area contributed by atoms with Gasteiger partial charge in [-0.2, -0.15) is 4.31 Å². The Hall–Kier alpha value is -0.910. The van der Waals surface area contributed by atoms with Crippen molar-refractivity contribution in [1.82, 2.24) is 9.62 Å². The highest BCUT2D eigenvalue weighted by molar-refractivity contribution is 7.88.